The normalized spacial score (nSPS) is 18.4. The van der Waals surface area contributed by atoms with Gasteiger partial charge in [0.15, 0.2) is 0 Å². The molecular formula is C49H47N3O. The van der Waals surface area contributed by atoms with Gasteiger partial charge in [-0.15, -0.1) is 0 Å². The van der Waals surface area contributed by atoms with Crippen LogP contribution in [0.5, 0.6) is 11.8 Å². The molecule has 10 rings (SSSR count). The molecule has 3 aromatic heterocycles. The van der Waals surface area contributed by atoms with E-state index in [0.717, 1.165) is 35.4 Å². The fraction of sp³-hybridized carbons (Fsp3) is 0.306. The van der Waals surface area contributed by atoms with Gasteiger partial charge in [0.05, 0.1) is 16.7 Å². The number of benzene rings is 4. The Bertz CT molecular complexity index is 2500. The van der Waals surface area contributed by atoms with Crippen molar-refractivity contribution in [3.63, 3.8) is 0 Å². The third-order valence-corrected chi connectivity index (χ3v) is 13.8. The second kappa shape index (κ2) is 11.9. The molecule has 4 aromatic carbocycles. The number of aromatic nitrogens is 3. The molecular weight excluding hydrogens is 647 g/mol. The first-order chi connectivity index (χ1) is 25.7. The topological polar surface area (TPSA) is 39.9 Å². The molecule has 264 valence electrons. The van der Waals surface area contributed by atoms with Crippen LogP contribution in [-0.4, -0.2) is 14.5 Å². The number of rotatable bonds is 5. The molecule has 0 amide bonds. The van der Waals surface area contributed by atoms with Crippen LogP contribution in [0, 0.1) is 5.41 Å². The van der Waals surface area contributed by atoms with E-state index in [2.05, 4.69) is 148 Å². The highest BCUT2D eigenvalue weighted by atomic mass is 16.5. The standard InChI is InChI=1S/C49H47N3O/c1-47(2)39-21-12-13-22-40(39)48(3,4)49(47)30-35-29-45(51-46(38(35)31-49)33-18-9-6-10-19-33)53-44-25-15-24-43(50-44)52-41-23-14-11-20-36(41)37-28-34(26-27-42(37)52)32-16-7-5-8-17-32/h6,9-15,18-29,32H,5,7-8,16-17,30-31H2,1-4H3. The van der Waals surface area contributed by atoms with Crippen molar-refractivity contribution in [1.82, 2.24) is 14.5 Å². The van der Waals surface area contributed by atoms with Crippen LogP contribution in [0.25, 0.3) is 38.9 Å². The maximum Gasteiger partial charge on any atom is 0.223 e. The van der Waals surface area contributed by atoms with Gasteiger partial charge in [0.2, 0.25) is 11.8 Å². The van der Waals surface area contributed by atoms with Crippen molar-refractivity contribution >= 4 is 21.8 Å². The lowest BCUT2D eigenvalue weighted by molar-refractivity contribution is 0.0889. The minimum Gasteiger partial charge on any atom is -0.421 e. The van der Waals surface area contributed by atoms with E-state index in [1.165, 1.54) is 76.2 Å². The second-order valence-corrected chi connectivity index (χ2v) is 16.9. The minimum atomic E-state index is -0.0174. The Kier molecular flexibility index (Phi) is 7.28. The molecule has 0 atom stereocenters. The first-order valence-electron chi connectivity index (χ1n) is 19.6. The quantitative estimate of drug-likeness (QED) is 0.180. The zero-order valence-corrected chi connectivity index (χ0v) is 31.3. The van der Waals surface area contributed by atoms with Crippen LogP contribution in [-0.2, 0) is 23.7 Å². The van der Waals surface area contributed by atoms with Gasteiger partial charge in [-0.05, 0) is 99.9 Å². The lowest BCUT2D eigenvalue weighted by Gasteiger charge is -2.47. The molecule has 1 spiro atoms. The van der Waals surface area contributed by atoms with E-state index < -0.39 is 0 Å². The summed E-state index contributed by atoms with van der Waals surface area (Å²) < 4.78 is 9.00. The predicted octanol–water partition coefficient (Wildman–Crippen LogP) is 12.4. The fourth-order valence-corrected chi connectivity index (χ4v) is 10.9. The molecule has 0 aliphatic heterocycles. The maximum absolute atomic E-state index is 6.71. The monoisotopic (exact) mass is 693 g/mol. The average Bonchev–Trinajstić information content (AvgIpc) is 3.79. The Labute approximate surface area is 312 Å². The van der Waals surface area contributed by atoms with E-state index in [1.54, 1.807) is 0 Å². The van der Waals surface area contributed by atoms with Crippen LogP contribution in [0.3, 0.4) is 0 Å². The van der Waals surface area contributed by atoms with Crippen LogP contribution in [0.15, 0.2) is 121 Å². The van der Waals surface area contributed by atoms with E-state index in [0.29, 0.717) is 17.7 Å². The molecule has 3 heterocycles. The number of nitrogens with zero attached hydrogens (tertiary/aromatic N) is 3. The molecule has 4 nitrogen and oxygen atoms in total. The average molecular weight is 694 g/mol. The van der Waals surface area contributed by atoms with E-state index >= 15 is 0 Å². The van der Waals surface area contributed by atoms with Crippen LogP contribution in [0.4, 0.5) is 0 Å². The van der Waals surface area contributed by atoms with Crippen molar-refractivity contribution in [2.45, 2.75) is 89.4 Å². The highest BCUT2D eigenvalue weighted by Gasteiger charge is 2.64. The summed E-state index contributed by atoms with van der Waals surface area (Å²) in [7, 11) is 0. The molecule has 1 fully saturated rings. The Morgan fingerprint density at radius 1 is 0.604 bits per heavy atom. The summed E-state index contributed by atoms with van der Waals surface area (Å²) in [6.45, 7) is 9.83. The maximum atomic E-state index is 6.71. The molecule has 1 saturated carbocycles. The lowest BCUT2D eigenvalue weighted by Crippen LogP contribution is -2.48. The Balaban J connectivity index is 1.05. The van der Waals surface area contributed by atoms with Crippen LogP contribution in [0.1, 0.15) is 93.5 Å². The van der Waals surface area contributed by atoms with Gasteiger partial charge in [0.1, 0.15) is 5.82 Å². The van der Waals surface area contributed by atoms with Gasteiger partial charge in [0.25, 0.3) is 0 Å². The van der Waals surface area contributed by atoms with Gasteiger partial charge < -0.3 is 4.74 Å². The summed E-state index contributed by atoms with van der Waals surface area (Å²) in [6, 6.07) is 43.9. The third-order valence-electron chi connectivity index (χ3n) is 13.8. The van der Waals surface area contributed by atoms with Crippen molar-refractivity contribution in [3.05, 3.63) is 149 Å². The van der Waals surface area contributed by atoms with Crippen molar-refractivity contribution in [3.8, 4) is 28.8 Å². The van der Waals surface area contributed by atoms with Gasteiger partial charge >= 0.3 is 0 Å². The third kappa shape index (κ3) is 4.80. The number of pyridine rings is 2. The van der Waals surface area contributed by atoms with Crippen molar-refractivity contribution in [2.75, 3.05) is 0 Å². The highest BCUT2D eigenvalue weighted by molar-refractivity contribution is 6.09. The largest absolute Gasteiger partial charge is 0.421 e. The molecule has 0 bridgehead atoms. The van der Waals surface area contributed by atoms with Gasteiger partial charge in [-0.1, -0.05) is 132 Å². The van der Waals surface area contributed by atoms with E-state index in [4.69, 9.17) is 14.7 Å². The minimum absolute atomic E-state index is 0.00139. The van der Waals surface area contributed by atoms with Crippen molar-refractivity contribution < 1.29 is 4.74 Å². The van der Waals surface area contributed by atoms with Crippen molar-refractivity contribution in [2.24, 2.45) is 5.41 Å². The zero-order valence-electron chi connectivity index (χ0n) is 31.3. The van der Waals surface area contributed by atoms with E-state index in [-0.39, 0.29) is 16.2 Å². The lowest BCUT2D eigenvalue weighted by atomic mass is 9.55. The van der Waals surface area contributed by atoms with Crippen LogP contribution >= 0.6 is 0 Å². The molecule has 7 aromatic rings. The molecule has 0 unspecified atom stereocenters. The highest BCUT2D eigenvalue weighted by Crippen LogP contribution is 2.67. The fourth-order valence-electron chi connectivity index (χ4n) is 10.9. The summed E-state index contributed by atoms with van der Waals surface area (Å²) in [4.78, 5) is 10.5. The number of hydrogen-bond donors (Lipinski definition) is 0. The van der Waals surface area contributed by atoms with Gasteiger partial charge in [0, 0.05) is 28.5 Å². The predicted molar refractivity (Wildman–Crippen MR) is 216 cm³/mol. The van der Waals surface area contributed by atoms with Gasteiger partial charge in [-0.2, -0.15) is 4.98 Å². The van der Waals surface area contributed by atoms with Gasteiger partial charge in [-0.25, -0.2) is 4.98 Å². The van der Waals surface area contributed by atoms with E-state index in [1.807, 2.05) is 6.07 Å². The molecule has 3 aliphatic carbocycles. The summed E-state index contributed by atoms with van der Waals surface area (Å²) in [5.74, 6) is 2.63. The molecule has 0 radical (unpaired) electrons. The second-order valence-electron chi connectivity index (χ2n) is 16.9. The number of para-hydroxylation sites is 1. The number of hydrogen-bond acceptors (Lipinski definition) is 3. The molecule has 53 heavy (non-hydrogen) atoms. The Morgan fingerprint density at radius 3 is 2.08 bits per heavy atom. The Morgan fingerprint density at radius 2 is 1.30 bits per heavy atom. The molecule has 0 N–H and O–H groups in total. The molecule has 4 heteroatoms. The molecule has 3 aliphatic rings. The zero-order chi connectivity index (χ0) is 36.0. The summed E-state index contributed by atoms with van der Waals surface area (Å²) >= 11 is 0. The van der Waals surface area contributed by atoms with E-state index in [9.17, 15) is 0 Å². The summed E-state index contributed by atoms with van der Waals surface area (Å²) in [6.07, 6.45) is 8.54. The SMILES string of the molecule is CC1(C)c2ccccc2C(C)(C)C12Cc1cc(Oc3cccc(-n4c5ccccc5c5cc(C6CCCCC6)ccc54)n3)nc(-c3ccccc3)c1C2. The summed E-state index contributed by atoms with van der Waals surface area (Å²) in [5, 5.41) is 2.55. The number of fused-ring (bicyclic) bond motifs is 5. The van der Waals surface area contributed by atoms with Crippen molar-refractivity contribution in [1.29, 1.82) is 0 Å². The number of ether oxygens (including phenoxy) is 1. The van der Waals surface area contributed by atoms with Crippen LogP contribution < -0.4 is 4.74 Å². The summed E-state index contributed by atoms with van der Waals surface area (Å²) in [5.41, 5.74) is 11.5. The van der Waals surface area contributed by atoms with Gasteiger partial charge in [-0.3, -0.25) is 4.57 Å². The first kappa shape index (κ1) is 32.4. The van der Waals surface area contributed by atoms with Crippen LogP contribution in [0.2, 0.25) is 0 Å². The first-order valence-corrected chi connectivity index (χ1v) is 19.6. The smallest absolute Gasteiger partial charge is 0.223 e. The molecule has 0 saturated heterocycles. The Hall–Kier alpha value is -5.22.